The molecule has 1 aromatic carbocycles. The second-order valence-electron chi connectivity index (χ2n) is 3.76. The number of aromatic carboxylic acids is 1. The lowest BCUT2D eigenvalue weighted by atomic mass is 10.1. The van der Waals surface area contributed by atoms with Crippen LogP contribution in [0.25, 0.3) is 0 Å². The zero-order valence-corrected chi connectivity index (χ0v) is 10.4. The van der Waals surface area contributed by atoms with Crippen LogP contribution < -0.4 is 0 Å². The average Bonchev–Trinajstić information content (AvgIpc) is 2.29. The highest BCUT2D eigenvalue weighted by atomic mass is 32.2. The minimum Gasteiger partial charge on any atom is -0.478 e. The van der Waals surface area contributed by atoms with Crippen LogP contribution in [0.5, 0.6) is 0 Å². The van der Waals surface area contributed by atoms with Gasteiger partial charge in [0.25, 0.3) is 0 Å². The summed E-state index contributed by atoms with van der Waals surface area (Å²) in [5.41, 5.74) is 1.56. The van der Waals surface area contributed by atoms with E-state index in [1.165, 1.54) is 30.6 Å². The Morgan fingerprint density at radius 3 is 2.50 bits per heavy atom. The smallest absolute Gasteiger partial charge is 0.335 e. The molecular weight excluding hydrogens is 220 g/mol. The van der Waals surface area contributed by atoms with Crippen molar-refractivity contribution in [2.45, 2.75) is 31.9 Å². The molecule has 0 unspecified atom stereocenters. The molecule has 0 heterocycles. The first-order valence-corrected chi connectivity index (χ1v) is 6.79. The molecule has 0 atom stereocenters. The van der Waals surface area contributed by atoms with Crippen molar-refractivity contribution in [3.63, 3.8) is 0 Å². The number of carboxylic acids is 1. The van der Waals surface area contributed by atoms with Gasteiger partial charge in [0, 0.05) is 5.75 Å². The van der Waals surface area contributed by atoms with Gasteiger partial charge in [-0.25, -0.2) is 4.79 Å². The Bertz CT molecular complexity index is 319. The van der Waals surface area contributed by atoms with Gasteiger partial charge >= 0.3 is 5.97 Å². The van der Waals surface area contributed by atoms with Gasteiger partial charge in [-0.1, -0.05) is 31.9 Å². The Morgan fingerprint density at radius 1 is 1.25 bits per heavy atom. The highest BCUT2D eigenvalue weighted by Crippen LogP contribution is 2.15. The molecular formula is C13H18O2S. The van der Waals surface area contributed by atoms with E-state index in [0.29, 0.717) is 5.56 Å². The normalized spacial score (nSPS) is 10.3. The molecule has 0 aliphatic carbocycles. The van der Waals surface area contributed by atoms with E-state index >= 15 is 0 Å². The molecule has 0 bridgehead atoms. The van der Waals surface area contributed by atoms with Crippen LogP contribution in [0, 0.1) is 0 Å². The molecule has 0 aliphatic rings. The van der Waals surface area contributed by atoms with Crippen LogP contribution in [0.3, 0.4) is 0 Å². The average molecular weight is 238 g/mol. The third-order valence-corrected chi connectivity index (χ3v) is 3.48. The largest absolute Gasteiger partial charge is 0.478 e. The lowest BCUT2D eigenvalue weighted by molar-refractivity contribution is 0.0697. The van der Waals surface area contributed by atoms with E-state index in [1.807, 2.05) is 23.9 Å². The molecule has 88 valence electrons. The summed E-state index contributed by atoms with van der Waals surface area (Å²) in [5.74, 6) is 1.31. The van der Waals surface area contributed by atoms with Crippen LogP contribution in [-0.2, 0) is 5.75 Å². The lowest BCUT2D eigenvalue weighted by Crippen LogP contribution is -1.95. The third-order valence-electron chi connectivity index (χ3n) is 2.36. The number of carbonyl (C=O) groups is 1. The molecule has 0 saturated carbocycles. The second-order valence-corrected chi connectivity index (χ2v) is 4.87. The van der Waals surface area contributed by atoms with E-state index < -0.39 is 5.97 Å². The predicted octanol–water partition coefficient (Wildman–Crippen LogP) is 3.81. The zero-order chi connectivity index (χ0) is 11.8. The summed E-state index contributed by atoms with van der Waals surface area (Å²) >= 11 is 1.91. The summed E-state index contributed by atoms with van der Waals surface area (Å²) < 4.78 is 0. The summed E-state index contributed by atoms with van der Waals surface area (Å²) in [6.07, 6.45) is 3.83. The lowest BCUT2D eigenvalue weighted by Gasteiger charge is -2.02. The van der Waals surface area contributed by atoms with Crippen molar-refractivity contribution in [3.8, 4) is 0 Å². The Balaban J connectivity index is 2.29. The van der Waals surface area contributed by atoms with Crippen LogP contribution in [-0.4, -0.2) is 16.8 Å². The summed E-state index contributed by atoms with van der Waals surface area (Å²) in [7, 11) is 0. The Hall–Kier alpha value is -0.960. The first-order valence-electron chi connectivity index (χ1n) is 5.64. The van der Waals surface area contributed by atoms with Gasteiger partial charge in [0.2, 0.25) is 0 Å². The van der Waals surface area contributed by atoms with Gasteiger partial charge in [-0.2, -0.15) is 11.8 Å². The fourth-order valence-corrected chi connectivity index (χ4v) is 2.37. The molecule has 16 heavy (non-hydrogen) atoms. The third kappa shape index (κ3) is 4.71. The van der Waals surface area contributed by atoms with E-state index in [1.54, 1.807) is 12.1 Å². The van der Waals surface area contributed by atoms with Crippen LogP contribution >= 0.6 is 11.8 Å². The topological polar surface area (TPSA) is 37.3 Å². The number of benzene rings is 1. The molecule has 2 nitrogen and oxygen atoms in total. The number of hydrogen-bond acceptors (Lipinski definition) is 2. The summed E-state index contributed by atoms with van der Waals surface area (Å²) in [6, 6.07) is 7.14. The SMILES string of the molecule is CCCCCSCc1ccc(C(=O)O)cc1. The first-order chi connectivity index (χ1) is 7.74. The summed E-state index contributed by atoms with van der Waals surface area (Å²) in [4.78, 5) is 10.6. The Morgan fingerprint density at radius 2 is 1.94 bits per heavy atom. The van der Waals surface area contributed by atoms with Gasteiger partial charge in [0.05, 0.1) is 5.56 Å². The molecule has 0 radical (unpaired) electrons. The van der Waals surface area contributed by atoms with Crippen LogP contribution in [0.2, 0.25) is 0 Å². The van der Waals surface area contributed by atoms with Crippen molar-refractivity contribution in [1.29, 1.82) is 0 Å². The van der Waals surface area contributed by atoms with Gasteiger partial charge in [-0.3, -0.25) is 0 Å². The molecule has 0 spiro atoms. The van der Waals surface area contributed by atoms with Crippen molar-refractivity contribution in [3.05, 3.63) is 35.4 Å². The summed E-state index contributed by atoms with van der Waals surface area (Å²) in [5, 5.41) is 8.74. The number of rotatable bonds is 7. The zero-order valence-electron chi connectivity index (χ0n) is 9.61. The number of hydrogen-bond donors (Lipinski definition) is 1. The molecule has 0 aromatic heterocycles. The van der Waals surface area contributed by atoms with Gasteiger partial charge < -0.3 is 5.11 Å². The molecule has 1 N–H and O–H groups in total. The number of unbranched alkanes of at least 4 members (excludes halogenated alkanes) is 2. The van der Waals surface area contributed by atoms with E-state index in [-0.39, 0.29) is 0 Å². The minimum absolute atomic E-state index is 0.361. The van der Waals surface area contributed by atoms with Crippen LogP contribution in [0.15, 0.2) is 24.3 Å². The maximum absolute atomic E-state index is 10.6. The Labute approximate surface area is 101 Å². The fourth-order valence-electron chi connectivity index (χ4n) is 1.39. The van der Waals surface area contributed by atoms with Crippen molar-refractivity contribution >= 4 is 17.7 Å². The maximum atomic E-state index is 10.6. The highest BCUT2D eigenvalue weighted by molar-refractivity contribution is 7.98. The van der Waals surface area contributed by atoms with Crippen molar-refractivity contribution in [2.75, 3.05) is 5.75 Å². The van der Waals surface area contributed by atoms with Gasteiger partial charge in [0.1, 0.15) is 0 Å². The highest BCUT2D eigenvalue weighted by Gasteiger charge is 2.01. The molecule has 0 amide bonds. The number of carboxylic acid groups (broad SMARTS) is 1. The molecule has 0 aliphatic heterocycles. The molecule has 0 fully saturated rings. The summed E-state index contributed by atoms with van der Waals surface area (Å²) in [6.45, 7) is 2.20. The number of thioether (sulfide) groups is 1. The molecule has 0 saturated heterocycles. The monoisotopic (exact) mass is 238 g/mol. The maximum Gasteiger partial charge on any atom is 0.335 e. The van der Waals surface area contributed by atoms with Crippen molar-refractivity contribution in [1.82, 2.24) is 0 Å². The Kier molecular flexibility index (Phi) is 6.01. The first kappa shape index (κ1) is 13.1. The predicted molar refractivity (Wildman–Crippen MR) is 69.1 cm³/mol. The van der Waals surface area contributed by atoms with E-state index in [4.69, 9.17) is 5.11 Å². The molecule has 1 rings (SSSR count). The van der Waals surface area contributed by atoms with Crippen LogP contribution in [0.4, 0.5) is 0 Å². The quantitative estimate of drug-likeness (QED) is 0.734. The second kappa shape index (κ2) is 7.34. The minimum atomic E-state index is -0.859. The van der Waals surface area contributed by atoms with E-state index in [2.05, 4.69) is 6.92 Å². The van der Waals surface area contributed by atoms with Crippen molar-refractivity contribution < 1.29 is 9.90 Å². The van der Waals surface area contributed by atoms with E-state index in [0.717, 1.165) is 5.75 Å². The van der Waals surface area contributed by atoms with Gasteiger partial charge in [-0.05, 0) is 29.9 Å². The van der Waals surface area contributed by atoms with Gasteiger partial charge in [0.15, 0.2) is 0 Å². The molecule has 1 aromatic rings. The van der Waals surface area contributed by atoms with Gasteiger partial charge in [-0.15, -0.1) is 0 Å². The fraction of sp³-hybridized carbons (Fsp3) is 0.462. The van der Waals surface area contributed by atoms with Crippen molar-refractivity contribution in [2.24, 2.45) is 0 Å². The molecule has 3 heteroatoms. The van der Waals surface area contributed by atoms with Crippen LogP contribution in [0.1, 0.15) is 42.1 Å². The standard InChI is InChI=1S/C13H18O2S/c1-2-3-4-9-16-10-11-5-7-12(8-6-11)13(14)15/h5-8H,2-4,9-10H2,1H3,(H,14,15). The van der Waals surface area contributed by atoms with E-state index in [9.17, 15) is 4.79 Å².